The van der Waals surface area contributed by atoms with Crippen LogP contribution in [0.15, 0.2) is 53.8 Å². The predicted octanol–water partition coefficient (Wildman–Crippen LogP) is 5.43. The van der Waals surface area contributed by atoms with Gasteiger partial charge < -0.3 is 16.0 Å². The van der Waals surface area contributed by atoms with Gasteiger partial charge in [0.2, 0.25) is 0 Å². The first-order valence-electron chi connectivity index (χ1n) is 9.62. The molecular weight excluding hydrogens is 439 g/mol. The molecule has 2 aromatic carbocycles. The van der Waals surface area contributed by atoms with E-state index >= 15 is 0 Å². The maximum atomic E-state index is 12.9. The second-order valence-electron chi connectivity index (χ2n) is 6.90. The van der Waals surface area contributed by atoms with Crippen molar-refractivity contribution in [3.8, 4) is 0 Å². The van der Waals surface area contributed by atoms with Gasteiger partial charge in [-0.25, -0.2) is 9.97 Å². The lowest BCUT2D eigenvalue weighted by atomic mass is 10.1. The van der Waals surface area contributed by atoms with Crippen LogP contribution in [0, 0.1) is 6.92 Å². The quantitative estimate of drug-likeness (QED) is 0.322. The zero-order valence-electron chi connectivity index (χ0n) is 17.7. The van der Waals surface area contributed by atoms with Crippen LogP contribution in [-0.4, -0.2) is 29.2 Å². The van der Waals surface area contributed by atoms with E-state index in [4.69, 9.17) is 0 Å². The van der Waals surface area contributed by atoms with Crippen molar-refractivity contribution in [1.29, 1.82) is 0 Å². The summed E-state index contributed by atoms with van der Waals surface area (Å²) in [5.41, 5.74) is 2.09. The van der Waals surface area contributed by atoms with Gasteiger partial charge in [0.1, 0.15) is 5.82 Å². The number of nitrogens with zero attached hydrogens (tertiary/aromatic N) is 2. The van der Waals surface area contributed by atoms with Crippen molar-refractivity contribution in [2.24, 2.45) is 0 Å². The fourth-order valence-corrected chi connectivity index (χ4v) is 3.30. The fraction of sp³-hybridized carbons (Fsp3) is 0.227. The van der Waals surface area contributed by atoms with E-state index in [0.29, 0.717) is 23.2 Å². The van der Waals surface area contributed by atoms with Gasteiger partial charge in [-0.2, -0.15) is 13.2 Å². The highest BCUT2D eigenvalue weighted by atomic mass is 32.2. The third-order valence-electron chi connectivity index (χ3n) is 4.68. The molecule has 1 amide bonds. The van der Waals surface area contributed by atoms with Crippen molar-refractivity contribution in [3.63, 3.8) is 0 Å². The van der Waals surface area contributed by atoms with Crippen LogP contribution >= 0.6 is 11.8 Å². The summed E-state index contributed by atoms with van der Waals surface area (Å²) in [5, 5.41) is 9.66. The molecule has 0 bridgehead atoms. The fourth-order valence-electron chi connectivity index (χ4n) is 2.96. The molecule has 3 N–H and O–H groups in total. The minimum atomic E-state index is -4.51. The molecule has 0 aliphatic carbocycles. The van der Waals surface area contributed by atoms with E-state index in [1.165, 1.54) is 23.9 Å². The zero-order chi connectivity index (χ0) is 23.3. The van der Waals surface area contributed by atoms with Gasteiger partial charge in [-0.05, 0) is 49.1 Å². The van der Waals surface area contributed by atoms with Gasteiger partial charge in [-0.15, -0.1) is 0 Å². The molecule has 0 saturated heterocycles. The summed E-state index contributed by atoms with van der Waals surface area (Å²) in [7, 11) is 1.78. The standard InChI is InChI=1S/C22H22F3N5OS/c1-13-7-8-17(29-20(31)14-5-4-6-16(9-14)22(23,24)25)10-18(13)27-11-15-12-28-21(32-3)30-19(15)26-2/h4-10,12,27H,11H2,1-3H3,(H,29,31)(H,26,28,30). The van der Waals surface area contributed by atoms with Crippen LogP contribution in [0.1, 0.15) is 27.0 Å². The van der Waals surface area contributed by atoms with Gasteiger partial charge in [0.05, 0.1) is 5.56 Å². The van der Waals surface area contributed by atoms with Crippen molar-refractivity contribution >= 4 is 34.9 Å². The van der Waals surface area contributed by atoms with E-state index in [1.54, 1.807) is 25.4 Å². The van der Waals surface area contributed by atoms with Gasteiger partial charge in [0.15, 0.2) is 5.16 Å². The van der Waals surface area contributed by atoms with E-state index in [-0.39, 0.29) is 5.56 Å². The van der Waals surface area contributed by atoms with Crippen LogP contribution in [-0.2, 0) is 12.7 Å². The largest absolute Gasteiger partial charge is 0.416 e. The average molecular weight is 462 g/mol. The van der Waals surface area contributed by atoms with Crippen molar-refractivity contribution in [2.45, 2.75) is 24.8 Å². The van der Waals surface area contributed by atoms with E-state index in [0.717, 1.165) is 28.9 Å². The molecule has 1 heterocycles. The summed E-state index contributed by atoms with van der Waals surface area (Å²) < 4.78 is 38.8. The van der Waals surface area contributed by atoms with Crippen molar-refractivity contribution in [3.05, 3.63) is 70.9 Å². The van der Waals surface area contributed by atoms with Crippen LogP contribution in [0.4, 0.5) is 30.4 Å². The highest BCUT2D eigenvalue weighted by Crippen LogP contribution is 2.30. The van der Waals surface area contributed by atoms with Gasteiger partial charge >= 0.3 is 6.18 Å². The third kappa shape index (κ3) is 5.70. The SMILES string of the molecule is CNc1nc(SC)ncc1CNc1cc(NC(=O)c2cccc(C(F)(F)F)c2)ccc1C. The number of aromatic nitrogens is 2. The minimum absolute atomic E-state index is 0.0698. The van der Waals surface area contributed by atoms with Crippen molar-refractivity contribution < 1.29 is 18.0 Å². The normalized spacial score (nSPS) is 11.2. The molecule has 0 aliphatic heterocycles. The number of nitrogens with one attached hydrogen (secondary N) is 3. The van der Waals surface area contributed by atoms with E-state index in [1.807, 2.05) is 19.2 Å². The molecule has 10 heteroatoms. The van der Waals surface area contributed by atoms with Crippen LogP contribution in [0.3, 0.4) is 0 Å². The number of anilines is 3. The molecule has 0 atom stereocenters. The molecule has 0 fully saturated rings. The summed E-state index contributed by atoms with van der Waals surface area (Å²) in [6.45, 7) is 2.35. The Bertz CT molecular complexity index is 1120. The van der Waals surface area contributed by atoms with Crippen molar-refractivity contribution in [2.75, 3.05) is 29.3 Å². The summed E-state index contributed by atoms with van der Waals surface area (Å²) in [5.74, 6) is 0.0907. The Morgan fingerprint density at radius 1 is 1.16 bits per heavy atom. The Morgan fingerprint density at radius 3 is 2.62 bits per heavy atom. The summed E-state index contributed by atoms with van der Waals surface area (Å²) in [6.07, 6.45) is -0.872. The lowest BCUT2D eigenvalue weighted by Gasteiger charge is -2.14. The number of carbonyl (C=O) groups is 1. The maximum Gasteiger partial charge on any atom is 0.416 e. The Labute approximate surface area is 188 Å². The minimum Gasteiger partial charge on any atom is -0.380 e. The molecule has 32 heavy (non-hydrogen) atoms. The maximum absolute atomic E-state index is 12.9. The monoisotopic (exact) mass is 461 g/mol. The molecule has 0 spiro atoms. The molecule has 0 aliphatic rings. The lowest BCUT2D eigenvalue weighted by molar-refractivity contribution is -0.137. The number of alkyl halides is 3. The van der Waals surface area contributed by atoms with Gasteiger partial charge in [-0.3, -0.25) is 4.79 Å². The summed E-state index contributed by atoms with van der Waals surface area (Å²) in [6, 6.07) is 9.56. The van der Waals surface area contributed by atoms with Crippen LogP contribution in [0.2, 0.25) is 0 Å². The van der Waals surface area contributed by atoms with Crippen LogP contribution in [0.5, 0.6) is 0 Å². The van der Waals surface area contributed by atoms with Gasteiger partial charge in [0.25, 0.3) is 5.91 Å². The van der Waals surface area contributed by atoms with Gasteiger partial charge in [-0.1, -0.05) is 23.9 Å². The van der Waals surface area contributed by atoms with Gasteiger partial charge in [0, 0.05) is 42.3 Å². The number of aryl methyl sites for hydroxylation is 1. The van der Waals surface area contributed by atoms with E-state index in [2.05, 4.69) is 25.9 Å². The van der Waals surface area contributed by atoms with E-state index in [9.17, 15) is 18.0 Å². The molecule has 0 radical (unpaired) electrons. The number of hydrogen-bond donors (Lipinski definition) is 3. The first-order valence-corrected chi connectivity index (χ1v) is 10.8. The molecule has 1 aromatic heterocycles. The molecule has 168 valence electrons. The second kappa shape index (κ2) is 9.90. The zero-order valence-corrected chi connectivity index (χ0v) is 18.5. The molecule has 3 aromatic rings. The highest BCUT2D eigenvalue weighted by molar-refractivity contribution is 7.98. The molecule has 3 rings (SSSR count). The number of benzene rings is 2. The smallest absolute Gasteiger partial charge is 0.380 e. The number of rotatable bonds is 7. The summed E-state index contributed by atoms with van der Waals surface area (Å²) in [4.78, 5) is 21.2. The highest BCUT2D eigenvalue weighted by Gasteiger charge is 2.30. The molecule has 6 nitrogen and oxygen atoms in total. The average Bonchev–Trinajstić information content (AvgIpc) is 2.78. The number of halogens is 3. The molecular formula is C22H22F3N5OS. The first kappa shape index (κ1) is 23.4. The van der Waals surface area contributed by atoms with Crippen molar-refractivity contribution in [1.82, 2.24) is 9.97 Å². The Morgan fingerprint density at radius 2 is 1.94 bits per heavy atom. The molecule has 0 saturated carbocycles. The lowest BCUT2D eigenvalue weighted by Crippen LogP contribution is -2.14. The third-order valence-corrected chi connectivity index (χ3v) is 5.24. The second-order valence-corrected chi connectivity index (χ2v) is 7.67. The topological polar surface area (TPSA) is 78.9 Å². The Hall–Kier alpha value is -3.27. The summed E-state index contributed by atoms with van der Waals surface area (Å²) >= 11 is 1.45. The Kier molecular flexibility index (Phi) is 7.24. The number of amides is 1. The predicted molar refractivity (Wildman–Crippen MR) is 121 cm³/mol. The van der Waals surface area contributed by atoms with E-state index < -0.39 is 17.6 Å². The first-order chi connectivity index (χ1) is 15.2. The number of thioether (sulfide) groups is 1. The number of hydrogen-bond acceptors (Lipinski definition) is 6. The molecule has 0 unspecified atom stereocenters. The number of carbonyl (C=O) groups excluding carboxylic acids is 1. The van der Waals surface area contributed by atoms with Crippen LogP contribution in [0.25, 0.3) is 0 Å². The van der Waals surface area contributed by atoms with Crippen LogP contribution < -0.4 is 16.0 Å². The Balaban J connectivity index is 1.74.